The average Bonchev–Trinajstić information content (AvgIpc) is 2.64. The number of aliphatic hydroxyl groups is 1. The van der Waals surface area contributed by atoms with E-state index in [0.717, 1.165) is 12.8 Å². The van der Waals surface area contributed by atoms with Crippen molar-refractivity contribution in [1.29, 1.82) is 0 Å². The Morgan fingerprint density at radius 2 is 2.23 bits per heavy atom. The van der Waals surface area contributed by atoms with Gasteiger partial charge in [0.15, 0.2) is 0 Å². The van der Waals surface area contributed by atoms with Gasteiger partial charge in [-0.15, -0.1) is 0 Å². The molecule has 1 aromatic carbocycles. The third kappa shape index (κ3) is 2.63. The van der Waals surface area contributed by atoms with Gasteiger partial charge in [-0.05, 0) is 32.3 Å². The minimum atomic E-state index is -0.365. The minimum Gasteiger partial charge on any atom is -0.395 e. The molecule has 3 rings (SSSR count). The Labute approximate surface area is 130 Å². The van der Waals surface area contributed by atoms with Crippen LogP contribution in [0.2, 0.25) is 0 Å². The molecule has 4 nitrogen and oxygen atoms in total. The van der Waals surface area contributed by atoms with Gasteiger partial charge in [0.1, 0.15) is 5.82 Å². The second-order valence-electron chi connectivity index (χ2n) is 6.58. The van der Waals surface area contributed by atoms with Crippen LogP contribution in [0, 0.1) is 5.82 Å². The fourth-order valence-electron chi connectivity index (χ4n) is 4.15. The topological polar surface area (TPSA) is 52.6 Å². The largest absolute Gasteiger partial charge is 0.395 e. The van der Waals surface area contributed by atoms with Crippen molar-refractivity contribution in [3.8, 4) is 0 Å². The molecule has 0 spiro atoms. The van der Waals surface area contributed by atoms with E-state index < -0.39 is 0 Å². The summed E-state index contributed by atoms with van der Waals surface area (Å²) in [6, 6.07) is 6.83. The molecule has 0 bridgehead atoms. The third-order valence-electron chi connectivity index (χ3n) is 5.08. The highest BCUT2D eigenvalue weighted by molar-refractivity contribution is 5.77. The molecular formula is C17H23FN2O2. The molecule has 5 heteroatoms. The highest BCUT2D eigenvalue weighted by Crippen LogP contribution is 2.45. The molecule has 1 amide bonds. The molecule has 120 valence electrons. The van der Waals surface area contributed by atoms with E-state index in [2.05, 4.69) is 10.2 Å². The van der Waals surface area contributed by atoms with Crippen molar-refractivity contribution in [3.63, 3.8) is 0 Å². The van der Waals surface area contributed by atoms with E-state index in [1.165, 1.54) is 6.07 Å². The second-order valence-corrected chi connectivity index (χ2v) is 6.58. The van der Waals surface area contributed by atoms with Gasteiger partial charge in [0.05, 0.1) is 12.1 Å². The van der Waals surface area contributed by atoms with Gasteiger partial charge in [-0.2, -0.15) is 0 Å². The number of rotatable bonds is 3. The Morgan fingerprint density at radius 1 is 1.45 bits per heavy atom. The number of nitrogens with zero attached hydrogens (tertiary/aromatic N) is 1. The molecule has 3 atom stereocenters. The molecule has 2 heterocycles. The maximum Gasteiger partial charge on any atom is 0.220 e. The van der Waals surface area contributed by atoms with E-state index in [4.69, 9.17) is 0 Å². The molecule has 2 N–H and O–H groups in total. The number of nitrogens with one attached hydrogen (secondary N) is 1. The molecule has 1 aromatic rings. The fourth-order valence-corrected chi connectivity index (χ4v) is 4.15. The van der Waals surface area contributed by atoms with Crippen LogP contribution in [-0.4, -0.2) is 40.6 Å². The third-order valence-corrected chi connectivity index (χ3v) is 5.08. The Kier molecular flexibility index (Phi) is 4.19. The highest BCUT2D eigenvalue weighted by atomic mass is 19.1. The molecule has 0 unspecified atom stereocenters. The molecule has 0 aromatic heterocycles. The van der Waals surface area contributed by atoms with Crippen molar-refractivity contribution in [2.24, 2.45) is 0 Å². The lowest BCUT2D eigenvalue weighted by Gasteiger charge is -2.34. The van der Waals surface area contributed by atoms with Crippen molar-refractivity contribution in [1.82, 2.24) is 10.2 Å². The van der Waals surface area contributed by atoms with Crippen LogP contribution in [0.1, 0.15) is 44.2 Å². The lowest BCUT2D eigenvalue weighted by Crippen LogP contribution is -2.53. The number of amides is 1. The lowest BCUT2D eigenvalue weighted by molar-refractivity contribution is -0.122. The number of hydrogen-bond donors (Lipinski definition) is 2. The summed E-state index contributed by atoms with van der Waals surface area (Å²) in [5.74, 6) is -0.148. The van der Waals surface area contributed by atoms with Crippen LogP contribution in [0.25, 0.3) is 0 Å². The Hall–Kier alpha value is -1.46. The van der Waals surface area contributed by atoms with Crippen LogP contribution in [0.5, 0.6) is 0 Å². The quantitative estimate of drug-likeness (QED) is 0.898. The van der Waals surface area contributed by atoms with Gasteiger partial charge < -0.3 is 10.4 Å². The van der Waals surface area contributed by atoms with Crippen LogP contribution in [0.15, 0.2) is 24.3 Å². The smallest absolute Gasteiger partial charge is 0.220 e. The fraction of sp³-hybridized carbons (Fsp3) is 0.588. The van der Waals surface area contributed by atoms with Crippen LogP contribution in [0.4, 0.5) is 4.39 Å². The lowest BCUT2D eigenvalue weighted by atomic mass is 9.88. The average molecular weight is 306 g/mol. The minimum absolute atomic E-state index is 0.0332. The van der Waals surface area contributed by atoms with Gasteiger partial charge in [-0.25, -0.2) is 4.39 Å². The van der Waals surface area contributed by atoms with Crippen molar-refractivity contribution >= 4 is 5.91 Å². The summed E-state index contributed by atoms with van der Waals surface area (Å²) < 4.78 is 14.2. The second kappa shape index (κ2) is 5.97. The summed E-state index contributed by atoms with van der Waals surface area (Å²) in [7, 11) is 0. The van der Waals surface area contributed by atoms with Crippen LogP contribution < -0.4 is 5.32 Å². The molecular weight excluding hydrogens is 283 g/mol. The number of carbonyl (C=O) groups excluding carboxylic acids is 1. The van der Waals surface area contributed by atoms with E-state index in [9.17, 15) is 14.3 Å². The molecule has 0 saturated carbocycles. The predicted octanol–water partition coefficient (Wildman–Crippen LogP) is 1.99. The van der Waals surface area contributed by atoms with Crippen molar-refractivity contribution in [2.75, 3.05) is 13.2 Å². The number of likely N-dealkylation sites (tertiary alicyclic amines) is 1. The van der Waals surface area contributed by atoms with Gasteiger partial charge in [0, 0.05) is 30.6 Å². The van der Waals surface area contributed by atoms with E-state index in [0.29, 0.717) is 24.9 Å². The summed E-state index contributed by atoms with van der Waals surface area (Å²) >= 11 is 0. The molecule has 2 aliphatic rings. The summed E-state index contributed by atoms with van der Waals surface area (Å²) in [5.41, 5.74) is 0.287. The highest BCUT2D eigenvalue weighted by Gasteiger charge is 2.51. The Bertz CT molecular complexity index is 565. The van der Waals surface area contributed by atoms with Crippen LogP contribution >= 0.6 is 0 Å². The van der Waals surface area contributed by atoms with Gasteiger partial charge in [-0.3, -0.25) is 9.69 Å². The SMILES string of the molecule is C[C@]12C[C@@H](c3ccccc3F)N(CCO)[C@H]1CCCC(=O)N2. The molecule has 2 aliphatic heterocycles. The van der Waals surface area contributed by atoms with E-state index >= 15 is 0 Å². The molecule has 0 radical (unpaired) electrons. The number of fused-ring (bicyclic) bond motifs is 1. The van der Waals surface area contributed by atoms with Crippen LogP contribution in [0.3, 0.4) is 0 Å². The number of halogens is 1. The number of β-amino-alcohol motifs (C(OH)–C–C–N with tert-alkyl or cyclic N) is 1. The number of carbonyl (C=O) groups is 1. The summed E-state index contributed by atoms with van der Waals surface area (Å²) in [5, 5.41) is 12.6. The molecule has 2 fully saturated rings. The predicted molar refractivity (Wildman–Crippen MR) is 81.7 cm³/mol. The summed E-state index contributed by atoms with van der Waals surface area (Å²) in [4.78, 5) is 14.1. The first-order valence-corrected chi connectivity index (χ1v) is 7.97. The number of aliphatic hydroxyl groups excluding tert-OH is 1. The Balaban J connectivity index is 1.97. The van der Waals surface area contributed by atoms with Crippen molar-refractivity contribution in [2.45, 2.75) is 50.2 Å². The van der Waals surface area contributed by atoms with E-state index in [1.54, 1.807) is 12.1 Å². The van der Waals surface area contributed by atoms with Gasteiger partial charge >= 0.3 is 0 Å². The summed E-state index contributed by atoms with van der Waals surface area (Å²) in [6.45, 7) is 2.58. The first-order chi connectivity index (χ1) is 10.5. The van der Waals surface area contributed by atoms with Crippen molar-refractivity contribution < 1.29 is 14.3 Å². The first kappa shape index (κ1) is 15.4. The first-order valence-electron chi connectivity index (χ1n) is 7.97. The maximum absolute atomic E-state index is 14.2. The van der Waals surface area contributed by atoms with E-state index in [1.807, 2.05) is 13.0 Å². The molecule has 2 saturated heterocycles. The van der Waals surface area contributed by atoms with Crippen molar-refractivity contribution in [3.05, 3.63) is 35.6 Å². The van der Waals surface area contributed by atoms with E-state index in [-0.39, 0.29) is 36.0 Å². The normalized spacial score (nSPS) is 32.4. The Morgan fingerprint density at radius 3 is 2.95 bits per heavy atom. The molecule has 22 heavy (non-hydrogen) atoms. The van der Waals surface area contributed by atoms with Gasteiger partial charge in [0.25, 0.3) is 0 Å². The zero-order valence-electron chi connectivity index (χ0n) is 12.9. The number of hydrogen-bond acceptors (Lipinski definition) is 3. The zero-order chi connectivity index (χ0) is 15.7. The van der Waals surface area contributed by atoms with Gasteiger partial charge in [-0.1, -0.05) is 18.2 Å². The number of benzene rings is 1. The zero-order valence-corrected chi connectivity index (χ0v) is 12.9. The maximum atomic E-state index is 14.2. The van der Waals surface area contributed by atoms with Crippen LogP contribution in [-0.2, 0) is 4.79 Å². The standard InChI is InChI=1S/C17H23FN2O2/c1-17-11-14(12-5-2-3-6-13(12)18)20(9-10-21)15(17)7-4-8-16(22)19-17/h2-3,5-6,14-15,21H,4,7-11H2,1H3,(H,19,22)/t14-,15-,17-/m0/s1. The molecule has 0 aliphatic carbocycles. The van der Waals surface area contributed by atoms with Gasteiger partial charge in [0.2, 0.25) is 5.91 Å². The monoisotopic (exact) mass is 306 g/mol. The summed E-state index contributed by atoms with van der Waals surface area (Å²) in [6.07, 6.45) is 2.94.